The Kier molecular flexibility index (Phi) is 2.88. The molecule has 2 atom stereocenters. The third kappa shape index (κ3) is 2.30. The number of rotatable bonds is 1. The van der Waals surface area contributed by atoms with Gasteiger partial charge in [-0.3, -0.25) is 0 Å². The van der Waals surface area contributed by atoms with Crippen LogP contribution in [-0.2, 0) is 9.47 Å². The molecule has 0 aromatic heterocycles. The summed E-state index contributed by atoms with van der Waals surface area (Å²) in [4.78, 5) is 0. The van der Waals surface area contributed by atoms with Gasteiger partial charge in [0, 0.05) is 5.92 Å². The van der Waals surface area contributed by atoms with E-state index >= 15 is 0 Å². The molecule has 1 fully saturated rings. The van der Waals surface area contributed by atoms with Crippen molar-refractivity contribution in [3.63, 3.8) is 0 Å². The van der Waals surface area contributed by atoms with Crippen molar-refractivity contribution in [3.05, 3.63) is 12.7 Å². The number of hydrogen-bond acceptors (Lipinski definition) is 3. The standard InChI is InChI=1S/C9H16O3/c1-4-7-5-11-9(2,3)12-6-8(7)10/h4,7-8,10H,1,5-6H2,2-3H3/t7-,8-/m0/s1. The molecule has 0 aromatic rings. The van der Waals surface area contributed by atoms with Gasteiger partial charge in [-0.15, -0.1) is 6.58 Å². The first-order valence-electron chi connectivity index (χ1n) is 4.14. The Balaban J connectivity index is 2.58. The second kappa shape index (κ2) is 3.56. The smallest absolute Gasteiger partial charge is 0.162 e. The molecule has 0 saturated carbocycles. The van der Waals surface area contributed by atoms with Crippen molar-refractivity contribution in [2.45, 2.75) is 25.7 Å². The number of ether oxygens (including phenoxy) is 2. The summed E-state index contributed by atoms with van der Waals surface area (Å²) >= 11 is 0. The Hall–Kier alpha value is -0.380. The van der Waals surface area contributed by atoms with E-state index in [9.17, 15) is 5.11 Å². The van der Waals surface area contributed by atoms with Gasteiger partial charge >= 0.3 is 0 Å². The minimum atomic E-state index is -0.585. The van der Waals surface area contributed by atoms with E-state index in [0.717, 1.165) is 0 Å². The van der Waals surface area contributed by atoms with Crippen LogP contribution in [0.1, 0.15) is 13.8 Å². The summed E-state index contributed by atoms with van der Waals surface area (Å²) in [6.45, 7) is 8.08. The van der Waals surface area contributed by atoms with Crippen LogP contribution >= 0.6 is 0 Å². The fourth-order valence-electron chi connectivity index (χ4n) is 1.08. The lowest BCUT2D eigenvalue weighted by atomic mass is 10.1. The van der Waals surface area contributed by atoms with Gasteiger partial charge in [0.05, 0.1) is 19.3 Å². The maximum atomic E-state index is 9.50. The highest BCUT2D eigenvalue weighted by molar-refractivity contribution is 4.86. The van der Waals surface area contributed by atoms with Gasteiger partial charge < -0.3 is 14.6 Å². The molecular weight excluding hydrogens is 156 g/mol. The lowest BCUT2D eigenvalue weighted by Gasteiger charge is -2.22. The molecule has 1 aliphatic rings. The molecule has 0 radical (unpaired) electrons. The normalized spacial score (nSPS) is 35.6. The van der Waals surface area contributed by atoms with Crippen LogP contribution in [0.3, 0.4) is 0 Å². The first-order chi connectivity index (χ1) is 5.55. The fourth-order valence-corrected chi connectivity index (χ4v) is 1.08. The first kappa shape index (κ1) is 9.71. The minimum absolute atomic E-state index is 0.0215. The van der Waals surface area contributed by atoms with Crippen LogP contribution in [0.5, 0.6) is 0 Å². The van der Waals surface area contributed by atoms with E-state index < -0.39 is 11.9 Å². The van der Waals surface area contributed by atoms with Crippen molar-refractivity contribution in [3.8, 4) is 0 Å². The SMILES string of the molecule is C=C[C@H]1COC(C)(C)OC[C@@H]1O. The zero-order chi connectivity index (χ0) is 9.19. The van der Waals surface area contributed by atoms with Crippen LogP contribution in [0.25, 0.3) is 0 Å². The summed E-state index contributed by atoms with van der Waals surface area (Å²) in [6.07, 6.45) is 1.21. The average Bonchev–Trinajstić information content (AvgIpc) is 2.13. The van der Waals surface area contributed by atoms with Crippen LogP contribution in [0.15, 0.2) is 12.7 Å². The number of aliphatic hydroxyl groups excluding tert-OH is 1. The van der Waals surface area contributed by atoms with Crippen molar-refractivity contribution in [2.75, 3.05) is 13.2 Å². The predicted molar refractivity (Wildman–Crippen MR) is 45.7 cm³/mol. The Morgan fingerprint density at radius 3 is 2.58 bits per heavy atom. The van der Waals surface area contributed by atoms with Gasteiger partial charge in [-0.2, -0.15) is 0 Å². The monoisotopic (exact) mass is 172 g/mol. The van der Waals surface area contributed by atoms with Gasteiger partial charge in [-0.25, -0.2) is 0 Å². The second-order valence-electron chi connectivity index (χ2n) is 3.49. The second-order valence-corrected chi connectivity index (χ2v) is 3.49. The van der Waals surface area contributed by atoms with Crippen molar-refractivity contribution in [2.24, 2.45) is 5.92 Å². The van der Waals surface area contributed by atoms with Gasteiger partial charge in [-0.1, -0.05) is 6.08 Å². The highest BCUT2D eigenvalue weighted by Gasteiger charge is 2.29. The molecule has 0 unspecified atom stereocenters. The van der Waals surface area contributed by atoms with Crippen LogP contribution in [-0.4, -0.2) is 30.2 Å². The predicted octanol–water partition coefficient (Wildman–Crippen LogP) is 0.932. The van der Waals surface area contributed by atoms with Crippen LogP contribution in [0.2, 0.25) is 0 Å². The number of hydrogen-bond donors (Lipinski definition) is 1. The minimum Gasteiger partial charge on any atom is -0.390 e. The molecule has 0 amide bonds. The van der Waals surface area contributed by atoms with Gasteiger partial charge in [0.15, 0.2) is 5.79 Å². The Morgan fingerprint density at radius 2 is 2.00 bits per heavy atom. The molecule has 1 heterocycles. The highest BCUT2D eigenvalue weighted by Crippen LogP contribution is 2.20. The molecule has 0 bridgehead atoms. The van der Waals surface area contributed by atoms with E-state index in [1.54, 1.807) is 6.08 Å². The molecule has 1 saturated heterocycles. The summed E-state index contributed by atoms with van der Waals surface area (Å²) in [5.74, 6) is -0.606. The van der Waals surface area contributed by atoms with E-state index in [1.807, 2.05) is 13.8 Å². The molecule has 3 heteroatoms. The third-order valence-electron chi connectivity index (χ3n) is 2.02. The van der Waals surface area contributed by atoms with Crippen molar-refractivity contribution < 1.29 is 14.6 Å². The lowest BCUT2D eigenvalue weighted by molar-refractivity contribution is -0.203. The zero-order valence-electron chi connectivity index (χ0n) is 7.62. The van der Waals surface area contributed by atoms with Crippen molar-refractivity contribution >= 4 is 0 Å². The van der Waals surface area contributed by atoms with Gasteiger partial charge in [0.25, 0.3) is 0 Å². The molecule has 1 aliphatic heterocycles. The maximum absolute atomic E-state index is 9.50. The summed E-state index contributed by atoms with van der Waals surface area (Å²) in [5, 5.41) is 9.50. The summed E-state index contributed by atoms with van der Waals surface area (Å²) < 4.78 is 10.7. The molecular formula is C9H16O3. The third-order valence-corrected chi connectivity index (χ3v) is 2.02. The average molecular weight is 172 g/mol. The lowest BCUT2D eigenvalue weighted by Crippen LogP contribution is -2.27. The molecule has 1 rings (SSSR count). The van der Waals surface area contributed by atoms with Crippen LogP contribution in [0.4, 0.5) is 0 Å². The maximum Gasteiger partial charge on any atom is 0.162 e. The van der Waals surface area contributed by atoms with Crippen molar-refractivity contribution in [1.82, 2.24) is 0 Å². The summed E-state index contributed by atoms with van der Waals surface area (Å²) in [7, 11) is 0. The van der Waals surface area contributed by atoms with E-state index in [0.29, 0.717) is 13.2 Å². The van der Waals surface area contributed by atoms with Crippen LogP contribution in [0, 0.1) is 5.92 Å². The topological polar surface area (TPSA) is 38.7 Å². The summed E-state index contributed by atoms with van der Waals surface area (Å²) in [5.41, 5.74) is 0. The molecule has 1 N–H and O–H groups in total. The van der Waals surface area contributed by atoms with Gasteiger partial charge in [0.1, 0.15) is 0 Å². The van der Waals surface area contributed by atoms with Gasteiger partial charge in [0.2, 0.25) is 0 Å². The van der Waals surface area contributed by atoms with E-state index in [4.69, 9.17) is 9.47 Å². The highest BCUT2D eigenvalue weighted by atomic mass is 16.7. The fraction of sp³-hybridized carbons (Fsp3) is 0.778. The Labute approximate surface area is 73.0 Å². The molecule has 0 spiro atoms. The largest absolute Gasteiger partial charge is 0.390 e. The molecule has 0 aromatic carbocycles. The number of aliphatic hydroxyl groups is 1. The molecule has 70 valence electrons. The molecule has 0 aliphatic carbocycles. The molecule has 3 nitrogen and oxygen atoms in total. The first-order valence-corrected chi connectivity index (χ1v) is 4.14. The van der Waals surface area contributed by atoms with Gasteiger partial charge in [-0.05, 0) is 13.8 Å². The quantitative estimate of drug-likeness (QED) is 0.598. The van der Waals surface area contributed by atoms with Crippen LogP contribution < -0.4 is 0 Å². The zero-order valence-corrected chi connectivity index (χ0v) is 7.62. The van der Waals surface area contributed by atoms with E-state index in [2.05, 4.69) is 6.58 Å². The Bertz CT molecular complexity index is 165. The van der Waals surface area contributed by atoms with E-state index in [-0.39, 0.29) is 5.92 Å². The van der Waals surface area contributed by atoms with Crippen molar-refractivity contribution in [1.29, 1.82) is 0 Å². The molecule has 12 heavy (non-hydrogen) atoms. The summed E-state index contributed by atoms with van der Waals surface area (Å²) in [6, 6.07) is 0. The Morgan fingerprint density at radius 1 is 1.42 bits per heavy atom. The van der Waals surface area contributed by atoms with E-state index in [1.165, 1.54) is 0 Å².